The highest BCUT2D eigenvalue weighted by Gasteiger charge is 2.24. The minimum absolute atomic E-state index is 0.0969. The van der Waals surface area contributed by atoms with Gasteiger partial charge in [0.25, 0.3) is 0 Å². The van der Waals surface area contributed by atoms with Crippen LogP contribution in [0.5, 0.6) is 0 Å². The fourth-order valence-electron chi connectivity index (χ4n) is 3.23. The largest absolute Gasteiger partial charge is 0.464 e. The molecule has 0 bridgehead atoms. The summed E-state index contributed by atoms with van der Waals surface area (Å²) in [5, 5.41) is 15.8. The highest BCUT2D eigenvalue weighted by molar-refractivity contribution is 5.87. The summed E-state index contributed by atoms with van der Waals surface area (Å²) in [5.41, 5.74) is 3.75. The number of carbonyl (C=O) groups excluding carboxylic acids is 1. The molecule has 146 valence electrons. The standard InChI is InChI=1S/C22H18FN3O3/c1-13-6-11-18-19(21(27)16-4-3-5-17(24-16)22(28)29-2)20(25-26(18)12-13)14-7-9-15(23)10-8-14/h3-12,21,27H,1-2H3. The first-order valence-corrected chi connectivity index (χ1v) is 8.96. The molecule has 1 aromatic carbocycles. The molecule has 0 aliphatic carbocycles. The van der Waals surface area contributed by atoms with Crippen molar-refractivity contribution in [3.63, 3.8) is 0 Å². The van der Waals surface area contributed by atoms with E-state index in [4.69, 9.17) is 4.74 Å². The van der Waals surface area contributed by atoms with Crippen LogP contribution in [0.3, 0.4) is 0 Å². The van der Waals surface area contributed by atoms with Crippen LogP contribution in [-0.2, 0) is 4.74 Å². The number of rotatable bonds is 4. The zero-order valence-corrected chi connectivity index (χ0v) is 15.8. The Morgan fingerprint density at radius 2 is 1.90 bits per heavy atom. The van der Waals surface area contributed by atoms with Crippen molar-refractivity contribution in [1.29, 1.82) is 0 Å². The number of aliphatic hydroxyl groups is 1. The van der Waals surface area contributed by atoms with Crippen LogP contribution in [0.4, 0.5) is 4.39 Å². The van der Waals surface area contributed by atoms with Crippen molar-refractivity contribution in [3.05, 3.63) is 89.1 Å². The topological polar surface area (TPSA) is 76.7 Å². The van der Waals surface area contributed by atoms with Gasteiger partial charge in [-0.3, -0.25) is 0 Å². The van der Waals surface area contributed by atoms with Crippen molar-refractivity contribution < 1.29 is 19.0 Å². The average Bonchev–Trinajstić information content (AvgIpc) is 3.11. The van der Waals surface area contributed by atoms with E-state index in [-0.39, 0.29) is 17.2 Å². The molecule has 0 saturated carbocycles. The van der Waals surface area contributed by atoms with Crippen LogP contribution < -0.4 is 0 Å². The minimum atomic E-state index is -1.15. The number of fused-ring (bicyclic) bond motifs is 1. The van der Waals surface area contributed by atoms with Gasteiger partial charge < -0.3 is 9.84 Å². The van der Waals surface area contributed by atoms with E-state index in [1.807, 2.05) is 25.3 Å². The van der Waals surface area contributed by atoms with E-state index in [1.54, 1.807) is 28.8 Å². The second kappa shape index (κ2) is 7.44. The van der Waals surface area contributed by atoms with Crippen molar-refractivity contribution in [2.75, 3.05) is 7.11 Å². The Labute approximate surface area is 166 Å². The van der Waals surface area contributed by atoms with Crippen molar-refractivity contribution in [1.82, 2.24) is 14.6 Å². The van der Waals surface area contributed by atoms with Crippen LogP contribution in [0.2, 0.25) is 0 Å². The first-order valence-electron chi connectivity index (χ1n) is 8.96. The van der Waals surface area contributed by atoms with E-state index >= 15 is 0 Å². The van der Waals surface area contributed by atoms with E-state index in [0.717, 1.165) is 5.56 Å². The van der Waals surface area contributed by atoms with E-state index in [0.29, 0.717) is 22.3 Å². The van der Waals surface area contributed by atoms with Gasteiger partial charge in [0.05, 0.1) is 24.0 Å². The fraction of sp³-hybridized carbons (Fsp3) is 0.136. The van der Waals surface area contributed by atoms with Crippen LogP contribution in [0, 0.1) is 12.7 Å². The van der Waals surface area contributed by atoms with Crippen molar-refractivity contribution in [3.8, 4) is 11.3 Å². The van der Waals surface area contributed by atoms with Gasteiger partial charge >= 0.3 is 5.97 Å². The molecule has 0 spiro atoms. The van der Waals surface area contributed by atoms with Gasteiger partial charge in [-0.05, 0) is 55.0 Å². The van der Waals surface area contributed by atoms with Crippen LogP contribution in [0.15, 0.2) is 60.8 Å². The molecule has 0 aliphatic rings. The lowest BCUT2D eigenvalue weighted by Crippen LogP contribution is -2.09. The number of hydrogen-bond donors (Lipinski definition) is 1. The molecule has 0 fully saturated rings. The Hall–Kier alpha value is -3.58. The molecule has 0 aliphatic heterocycles. The molecule has 29 heavy (non-hydrogen) atoms. The van der Waals surface area contributed by atoms with E-state index in [1.165, 1.54) is 25.3 Å². The molecule has 0 amide bonds. The maximum Gasteiger partial charge on any atom is 0.356 e. The third-order valence-electron chi connectivity index (χ3n) is 4.65. The number of carbonyl (C=O) groups is 1. The lowest BCUT2D eigenvalue weighted by molar-refractivity contribution is 0.0593. The van der Waals surface area contributed by atoms with Gasteiger partial charge in [-0.2, -0.15) is 5.10 Å². The molecule has 6 nitrogen and oxygen atoms in total. The zero-order chi connectivity index (χ0) is 20.5. The van der Waals surface area contributed by atoms with Gasteiger partial charge in [0.2, 0.25) is 0 Å². The van der Waals surface area contributed by atoms with Crippen molar-refractivity contribution in [2.24, 2.45) is 0 Å². The summed E-state index contributed by atoms with van der Waals surface area (Å²) in [6, 6.07) is 14.5. The van der Waals surface area contributed by atoms with Gasteiger partial charge in [0.15, 0.2) is 0 Å². The number of aryl methyl sites for hydroxylation is 1. The number of methoxy groups -OCH3 is 1. The first kappa shape index (κ1) is 18.8. The Bertz CT molecular complexity index is 1200. The van der Waals surface area contributed by atoms with Crippen molar-refractivity contribution >= 4 is 11.5 Å². The maximum absolute atomic E-state index is 13.4. The summed E-state index contributed by atoms with van der Waals surface area (Å²) in [5.74, 6) is -0.948. The fourth-order valence-corrected chi connectivity index (χ4v) is 3.23. The SMILES string of the molecule is COC(=O)c1cccc(C(O)c2c(-c3ccc(F)cc3)nn3cc(C)ccc23)n1. The zero-order valence-electron chi connectivity index (χ0n) is 15.8. The molecular weight excluding hydrogens is 373 g/mol. The number of ether oxygens (including phenoxy) is 1. The number of benzene rings is 1. The lowest BCUT2D eigenvalue weighted by Gasteiger charge is -2.12. The van der Waals surface area contributed by atoms with Crippen LogP contribution in [0.1, 0.15) is 33.4 Å². The highest BCUT2D eigenvalue weighted by Crippen LogP contribution is 2.34. The van der Waals surface area contributed by atoms with Gasteiger partial charge in [-0.15, -0.1) is 0 Å². The molecule has 0 saturated heterocycles. The molecule has 1 atom stereocenters. The Kier molecular flexibility index (Phi) is 4.82. The van der Waals surface area contributed by atoms with Crippen LogP contribution in [0.25, 0.3) is 16.8 Å². The highest BCUT2D eigenvalue weighted by atomic mass is 19.1. The second-order valence-corrected chi connectivity index (χ2v) is 6.65. The molecule has 1 unspecified atom stereocenters. The molecule has 0 radical (unpaired) electrons. The smallest absolute Gasteiger partial charge is 0.356 e. The number of aliphatic hydroxyl groups excluding tert-OH is 1. The predicted octanol–water partition coefficient (Wildman–Crippen LogP) is 3.71. The number of halogens is 1. The number of pyridine rings is 2. The second-order valence-electron chi connectivity index (χ2n) is 6.65. The predicted molar refractivity (Wildman–Crippen MR) is 105 cm³/mol. The summed E-state index contributed by atoms with van der Waals surface area (Å²) < 4.78 is 19.8. The molecule has 4 aromatic rings. The average molecular weight is 391 g/mol. The summed E-state index contributed by atoms with van der Waals surface area (Å²) in [6.45, 7) is 1.94. The molecule has 1 N–H and O–H groups in total. The molecule has 7 heteroatoms. The molecular formula is C22H18FN3O3. The summed E-state index contributed by atoms with van der Waals surface area (Å²) >= 11 is 0. The Morgan fingerprint density at radius 1 is 1.14 bits per heavy atom. The van der Waals surface area contributed by atoms with Gasteiger partial charge in [-0.1, -0.05) is 12.1 Å². The van der Waals surface area contributed by atoms with Crippen LogP contribution >= 0.6 is 0 Å². The van der Waals surface area contributed by atoms with Gasteiger partial charge in [0, 0.05) is 17.3 Å². The maximum atomic E-state index is 13.4. The number of nitrogens with zero attached hydrogens (tertiary/aromatic N) is 3. The summed E-state index contributed by atoms with van der Waals surface area (Å²) in [6.07, 6.45) is 0.691. The van der Waals surface area contributed by atoms with Gasteiger partial charge in [0.1, 0.15) is 17.6 Å². The van der Waals surface area contributed by atoms with Crippen LogP contribution in [-0.4, -0.2) is 32.8 Å². The Balaban J connectivity index is 1.91. The molecule has 3 aromatic heterocycles. The first-order chi connectivity index (χ1) is 14.0. The third kappa shape index (κ3) is 3.48. The van der Waals surface area contributed by atoms with E-state index < -0.39 is 12.1 Å². The third-order valence-corrected chi connectivity index (χ3v) is 4.65. The molecule has 4 rings (SSSR count). The normalized spacial score (nSPS) is 12.1. The molecule has 3 heterocycles. The van der Waals surface area contributed by atoms with E-state index in [2.05, 4.69) is 10.1 Å². The van der Waals surface area contributed by atoms with E-state index in [9.17, 15) is 14.3 Å². The number of esters is 1. The number of aromatic nitrogens is 3. The van der Waals surface area contributed by atoms with Crippen molar-refractivity contribution in [2.45, 2.75) is 13.0 Å². The Morgan fingerprint density at radius 3 is 2.62 bits per heavy atom. The number of hydrogen-bond acceptors (Lipinski definition) is 5. The quantitative estimate of drug-likeness (QED) is 0.537. The summed E-state index contributed by atoms with van der Waals surface area (Å²) in [4.78, 5) is 16.1. The minimum Gasteiger partial charge on any atom is -0.464 e. The monoisotopic (exact) mass is 391 g/mol. The lowest BCUT2D eigenvalue weighted by atomic mass is 9.99. The summed E-state index contributed by atoms with van der Waals surface area (Å²) in [7, 11) is 1.27. The van der Waals surface area contributed by atoms with Gasteiger partial charge in [-0.25, -0.2) is 18.7 Å².